The molecule has 2 aromatic carbocycles. The van der Waals surface area contributed by atoms with Gasteiger partial charge in [0.2, 0.25) is 5.91 Å². The molecule has 0 radical (unpaired) electrons. The number of nitrogen functional groups attached to an aromatic ring is 1. The molecule has 1 fully saturated rings. The number of nitrogens with zero attached hydrogens (tertiary/aromatic N) is 3. The van der Waals surface area contributed by atoms with E-state index in [0.29, 0.717) is 11.1 Å². The zero-order chi connectivity index (χ0) is 27.5. The van der Waals surface area contributed by atoms with E-state index < -0.39 is 23.7 Å². The van der Waals surface area contributed by atoms with Gasteiger partial charge < -0.3 is 21.7 Å². The van der Waals surface area contributed by atoms with E-state index in [1.807, 2.05) is 12.1 Å². The smallest absolute Gasteiger partial charge is 0.270 e. The van der Waals surface area contributed by atoms with Crippen molar-refractivity contribution in [2.75, 3.05) is 5.73 Å². The number of nitrogens with one attached hydrogen (secondary N) is 1. The van der Waals surface area contributed by atoms with Crippen LogP contribution in [0.2, 0.25) is 0 Å². The van der Waals surface area contributed by atoms with Gasteiger partial charge in [0.1, 0.15) is 16.7 Å². The lowest BCUT2D eigenvalue weighted by molar-refractivity contribution is -0.126. The minimum absolute atomic E-state index is 0.000153. The first-order chi connectivity index (χ1) is 18.8. The summed E-state index contributed by atoms with van der Waals surface area (Å²) in [6.45, 7) is -0.0316. The lowest BCUT2D eigenvalue weighted by atomic mass is 9.99. The van der Waals surface area contributed by atoms with Crippen LogP contribution in [-0.4, -0.2) is 38.0 Å². The molecule has 3 amide bonds. The summed E-state index contributed by atoms with van der Waals surface area (Å²) in [5, 5.41) is 3.92. The number of carbonyl (C=O) groups is 3. The Hall–Kier alpha value is -4.38. The van der Waals surface area contributed by atoms with Crippen LogP contribution in [-0.2, 0) is 11.3 Å². The number of aromatic nitrogens is 2. The summed E-state index contributed by atoms with van der Waals surface area (Å²) in [5.74, 6) is -2.23. The van der Waals surface area contributed by atoms with Gasteiger partial charge in [0, 0.05) is 24.2 Å². The summed E-state index contributed by atoms with van der Waals surface area (Å²) < 4.78 is 17.7. The predicted molar refractivity (Wildman–Crippen MR) is 146 cm³/mol. The Morgan fingerprint density at radius 1 is 1.10 bits per heavy atom. The van der Waals surface area contributed by atoms with Crippen LogP contribution in [0.5, 0.6) is 0 Å². The molecule has 5 rings (SSSR count). The van der Waals surface area contributed by atoms with Crippen LogP contribution in [0.3, 0.4) is 0 Å². The molecule has 200 valence electrons. The van der Waals surface area contributed by atoms with Crippen molar-refractivity contribution in [2.45, 2.75) is 44.3 Å². The van der Waals surface area contributed by atoms with Gasteiger partial charge in [-0.15, -0.1) is 0 Å². The molecule has 0 spiro atoms. The highest BCUT2D eigenvalue weighted by Gasteiger charge is 2.36. The molecule has 2 heterocycles. The summed E-state index contributed by atoms with van der Waals surface area (Å²) in [4.78, 5) is 45.6. The number of nitrogens with two attached hydrogens (primary N) is 2. The number of carbonyl (C=O) groups excluding carboxylic acids is 3. The minimum atomic E-state index is -1.06. The number of rotatable bonds is 8. The van der Waals surface area contributed by atoms with Crippen molar-refractivity contribution < 1.29 is 18.8 Å². The maximum Gasteiger partial charge on any atom is 0.270 e. The lowest BCUT2D eigenvalue weighted by Crippen LogP contribution is -2.45. The monoisotopic (exact) mass is 546 g/mol. The van der Waals surface area contributed by atoms with Crippen molar-refractivity contribution in [3.8, 4) is 0 Å². The fourth-order valence-electron chi connectivity index (χ4n) is 4.91. The van der Waals surface area contributed by atoms with E-state index in [1.54, 1.807) is 36.5 Å². The molecule has 11 heteroatoms. The molecule has 0 unspecified atom stereocenters. The fourth-order valence-corrected chi connectivity index (χ4v) is 5.67. The molecule has 1 atom stereocenters. The standard InChI is InChI=1S/C28H27FN6O3S/c29-19-10-7-16(8-11-19)15-35(28(38)25-22(30)23(26(31)36)34-39-25)24(27(37)33-20-5-1-2-6-20)18-9-12-21-17(14-18)4-3-13-32-21/h3-4,7-14,20,24H,1-2,5-6,15,30H2,(H2,31,36)(H,33,37)/t24-/m1/s1. The van der Waals surface area contributed by atoms with Gasteiger partial charge in [0.25, 0.3) is 11.8 Å². The van der Waals surface area contributed by atoms with Crippen LogP contribution < -0.4 is 16.8 Å². The molecule has 1 aliphatic carbocycles. The van der Waals surface area contributed by atoms with Crippen molar-refractivity contribution in [2.24, 2.45) is 5.73 Å². The number of hydrogen-bond acceptors (Lipinski definition) is 7. The van der Waals surface area contributed by atoms with Crippen LogP contribution in [0.1, 0.15) is 63.0 Å². The maximum atomic E-state index is 14.1. The van der Waals surface area contributed by atoms with E-state index in [9.17, 15) is 18.8 Å². The molecule has 0 aliphatic heterocycles. The third-order valence-electron chi connectivity index (χ3n) is 6.89. The van der Waals surface area contributed by atoms with Gasteiger partial charge in [-0.25, -0.2) is 4.39 Å². The van der Waals surface area contributed by atoms with Crippen molar-refractivity contribution in [1.82, 2.24) is 19.6 Å². The zero-order valence-corrected chi connectivity index (χ0v) is 21.8. The average molecular weight is 547 g/mol. The van der Waals surface area contributed by atoms with Gasteiger partial charge in [-0.2, -0.15) is 4.37 Å². The van der Waals surface area contributed by atoms with Gasteiger partial charge in [-0.1, -0.05) is 37.1 Å². The first kappa shape index (κ1) is 26.2. The van der Waals surface area contributed by atoms with Crippen LogP contribution in [0.15, 0.2) is 60.8 Å². The van der Waals surface area contributed by atoms with E-state index in [1.165, 1.54) is 17.0 Å². The molecule has 1 saturated carbocycles. The third-order valence-corrected chi connectivity index (χ3v) is 7.74. The molecule has 1 aliphatic rings. The van der Waals surface area contributed by atoms with E-state index in [0.717, 1.165) is 48.1 Å². The number of fused-ring (bicyclic) bond motifs is 1. The second-order valence-corrected chi connectivity index (χ2v) is 10.3. The molecule has 2 aromatic heterocycles. The Labute approximate surface area is 228 Å². The summed E-state index contributed by atoms with van der Waals surface area (Å²) in [5.41, 5.74) is 13.1. The Morgan fingerprint density at radius 3 is 2.54 bits per heavy atom. The van der Waals surface area contributed by atoms with E-state index in [2.05, 4.69) is 14.7 Å². The molecule has 0 saturated heterocycles. The highest BCUT2D eigenvalue weighted by Crippen LogP contribution is 2.32. The number of benzene rings is 2. The van der Waals surface area contributed by atoms with Crippen LogP contribution in [0, 0.1) is 5.82 Å². The van der Waals surface area contributed by atoms with Crippen molar-refractivity contribution >= 4 is 45.8 Å². The van der Waals surface area contributed by atoms with E-state index in [4.69, 9.17) is 11.5 Å². The van der Waals surface area contributed by atoms with Gasteiger partial charge >= 0.3 is 0 Å². The highest BCUT2D eigenvalue weighted by atomic mass is 32.1. The minimum Gasteiger partial charge on any atom is -0.395 e. The van der Waals surface area contributed by atoms with E-state index in [-0.39, 0.29) is 34.8 Å². The molecular weight excluding hydrogens is 519 g/mol. The Balaban J connectivity index is 1.62. The van der Waals surface area contributed by atoms with Gasteiger partial charge in [-0.3, -0.25) is 19.4 Å². The molecule has 9 nitrogen and oxygen atoms in total. The lowest BCUT2D eigenvalue weighted by Gasteiger charge is -2.32. The van der Waals surface area contributed by atoms with Crippen molar-refractivity contribution in [3.05, 3.63) is 88.3 Å². The SMILES string of the molecule is NC(=O)c1nsc(C(=O)N(Cc2ccc(F)cc2)[C@@H](C(=O)NC2CCCC2)c2ccc3ncccc3c2)c1N. The van der Waals surface area contributed by atoms with Crippen molar-refractivity contribution in [3.63, 3.8) is 0 Å². The highest BCUT2D eigenvalue weighted by molar-refractivity contribution is 7.09. The Bertz CT molecular complexity index is 1530. The second kappa shape index (κ2) is 11.2. The van der Waals surface area contributed by atoms with Gasteiger partial charge in [0.15, 0.2) is 5.69 Å². The molecule has 0 bridgehead atoms. The maximum absolute atomic E-state index is 14.1. The Morgan fingerprint density at radius 2 is 1.85 bits per heavy atom. The van der Waals surface area contributed by atoms with Crippen LogP contribution in [0.4, 0.5) is 10.1 Å². The summed E-state index contributed by atoms with van der Waals surface area (Å²) in [6.07, 6.45) is 5.43. The van der Waals surface area contributed by atoms with Crippen molar-refractivity contribution in [1.29, 1.82) is 0 Å². The average Bonchev–Trinajstić information content (AvgIpc) is 3.58. The Kier molecular flexibility index (Phi) is 7.51. The summed E-state index contributed by atoms with van der Waals surface area (Å²) >= 11 is 0.745. The van der Waals surface area contributed by atoms with Gasteiger partial charge in [0.05, 0.1) is 11.2 Å². The van der Waals surface area contributed by atoms with E-state index >= 15 is 0 Å². The molecular formula is C28H27FN6O3S. The molecule has 39 heavy (non-hydrogen) atoms. The number of primary amides is 1. The van der Waals surface area contributed by atoms with Crippen LogP contribution in [0.25, 0.3) is 10.9 Å². The predicted octanol–water partition coefficient (Wildman–Crippen LogP) is 3.95. The number of anilines is 1. The summed E-state index contributed by atoms with van der Waals surface area (Å²) in [6, 6.07) is 13.7. The zero-order valence-electron chi connectivity index (χ0n) is 21.0. The fraction of sp³-hybridized carbons (Fsp3) is 0.250. The quantitative estimate of drug-likeness (QED) is 0.305. The summed E-state index contributed by atoms with van der Waals surface area (Å²) in [7, 11) is 0. The second-order valence-electron chi connectivity index (χ2n) is 9.55. The molecule has 4 aromatic rings. The molecule has 5 N–H and O–H groups in total. The number of halogens is 1. The topological polar surface area (TPSA) is 144 Å². The normalized spacial score (nSPS) is 14.3. The van der Waals surface area contributed by atoms with Crippen LogP contribution >= 0.6 is 11.5 Å². The number of hydrogen-bond donors (Lipinski definition) is 3. The van der Waals surface area contributed by atoms with Gasteiger partial charge in [-0.05, 0) is 65.8 Å². The third kappa shape index (κ3) is 5.58. The largest absolute Gasteiger partial charge is 0.395 e. The first-order valence-corrected chi connectivity index (χ1v) is 13.3. The number of pyridine rings is 1. The number of amides is 3. The first-order valence-electron chi connectivity index (χ1n) is 12.6.